The zero-order valence-electron chi connectivity index (χ0n) is 6.74. The lowest BCUT2D eigenvalue weighted by Crippen LogP contribution is -1.86. The summed E-state index contributed by atoms with van der Waals surface area (Å²) in [5, 5.41) is 1.29. The summed E-state index contributed by atoms with van der Waals surface area (Å²) in [6.45, 7) is 4.50. The number of nitrogens with zero attached hydrogens (tertiary/aromatic N) is 1. The fraction of sp³-hybridized carbons (Fsp3) is 0.444. The third kappa shape index (κ3) is 1.06. The lowest BCUT2D eigenvalue weighted by atomic mass is 10.1. The Morgan fingerprint density at radius 2 is 2.00 bits per heavy atom. The first kappa shape index (κ1) is 7.17. The molecule has 1 aromatic rings. The van der Waals surface area contributed by atoms with Crippen LogP contribution in [0.25, 0.3) is 0 Å². The molecule has 58 valence electrons. The first-order chi connectivity index (χ1) is 5.29. The Balaban J connectivity index is 2.52. The molecule has 0 radical (unpaired) electrons. The van der Waals surface area contributed by atoms with Gasteiger partial charge in [-0.3, -0.25) is 4.98 Å². The number of fused-ring (bicyclic) bond motifs is 1. The van der Waals surface area contributed by atoms with Crippen LogP contribution < -0.4 is 0 Å². The highest BCUT2D eigenvalue weighted by Gasteiger charge is 2.24. The van der Waals surface area contributed by atoms with Gasteiger partial charge in [0, 0.05) is 22.9 Å². The molecule has 2 atom stereocenters. The van der Waals surface area contributed by atoms with Crippen molar-refractivity contribution in [1.29, 1.82) is 0 Å². The summed E-state index contributed by atoms with van der Waals surface area (Å²) in [6, 6.07) is 2.14. The molecule has 2 unspecified atom stereocenters. The van der Waals surface area contributed by atoms with Gasteiger partial charge in [0.05, 0.1) is 0 Å². The molecule has 0 spiro atoms. The molecule has 0 N–H and O–H groups in total. The van der Waals surface area contributed by atoms with E-state index in [1.165, 1.54) is 11.1 Å². The van der Waals surface area contributed by atoms with E-state index in [9.17, 15) is 0 Å². The molecule has 2 rings (SSSR count). The minimum absolute atomic E-state index is 0.633. The maximum absolute atomic E-state index is 4.13. The van der Waals surface area contributed by atoms with Crippen molar-refractivity contribution in [3.63, 3.8) is 0 Å². The van der Waals surface area contributed by atoms with E-state index in [1.54, 1.807) is 0 Å². The Morgan fingerprint density at radius 3 is 2.73 bits per heavy atom. The van der Waals surface area contributed by atoms with Crippen LogP contribution in [-0.4, -0.2) is 4.98 Å². The quantitative estimate of drug-likeness (QED) is 0.586. The Bertz CT molecular complexity index is 245. The van der Waals surface area contributed by atoms with Gasteiger partial charge in [-0.05, 0) is 31.0 Å². The minimum Gasteiger partial charge on any atom is -0.264 e. The zero-order valence-corrected chi connectivity index (χ0v) is 7.56. The summed E-state index contributed by atoms with van der Waals surface area (Å²) in [6.07, 6.45) is 3.88. The number of hydrogen-bond acceptors (Lipinski definition) is 2. The van der Waals surface area contributed by atoms with E-state index in [0.717, 1.165) is 0 Å². The first-order valence-corrected chi connectivity index (χ1v) is 4.82. The fourth-order valence-corrected chi connectivity index (χ4v) is 2.90. The van der Waals surface area contributed by atoms with E-state index in [1.807, 2.05) is 24.2 Å². The average molecular weight is 165 g/mol. The van der Waals surface area contributed by atoms with Gasteiger partial charge in [-0.2, -0.15) is 0 Å². The Kier molecular flexibility index (Phi) is 1.64. The van der Waals surface area contributed by atoms with Gasteiger partial charge in [-0.25, -0.2) is 0 Å². The van der Waals surface area contributed by atoms with Crippen molar-refractivity contribution in [3.05, 3.63) is 29.6 Å². The molecular formula is C9H11NS. The largest absolute Gasteiger partial charge is 0.264 e. The Hall–Kier alpha value is -0.500. The van der Waals surface area contributed by atoms with Crippen LogP contribution in [0.4, 0.5) is 0 Å². The predicted molar refractivity (Wildman–Crippen MR) is 48.7 cm³/mol. The second-order valence-electron chi connectivity index (χ2n) is 2.93. The van der Waals surface area contributed by atoms with Gasteiger partial charge in [-0.1, -0.05) is 0 Å². The van der Waals surface area contributed by atoms with E-state index in [-0.39, 0.29) is 0 Å². The molecule has 0 aliphatic carbocycles. The van der Waals surface area contributed by atoms with Gasteiger partial charge in [0.25, 0.3) is 0 Å². The van der Waals surface area contributed by atoms with Crippen molar-refractivity contribution < 1.29 is 0 Å². The van der Waals surface area contributed by atoms with Crippen LogP contribution in [0.15, 0.2) is 18.5 Å². The Morgan fingerprint density at radius 1 is 1.27 bits per heavy atom. The van der Waals surface area contributed by atoms with Gasteiger partial charge < -0.3 is 0 Å². The molecule has 2 heteroatoms. The summed E-state index contributed by atoms with van der Waals surface area (Å²) in [4.78, 5) is 4.13. The van der Waals surface area contributed by atoms with Crippen molar-refractivity contribution in [2.45, 2.75) is 24.3 Å². The summed E-state index contributed by atoms with van der Waals surface area (Å²) in [7, 11) is 0. The highest BCUT2D eigenvalue weighted by molar-refractivity contribution is 8.00. The molecule has 0 aromatic carbocycles. The lowest BCUT2D eigenvalue weighted by Gasteiger charge is -1.99. The van der Waals surface area contributed by atoms with Gasteiger partial charge >= 0.3 is 0 Å². The molecular weight excluding hydrogens is 154 g/mol. The van der Waals surface area contributed by atoms with E-state index in [0.29, 0.717) is 10.5 Å². The van der Waals surface area contributed by atoms with E-state index >= 15 is 0 Å². The summed E-state index contributed by atoms with van der Waals surface area (Å²) in [5.41, 5.74) is 2.89. The second kappa shape index (κ2) is 2.52. The van der Waals surface area contributed by atoms with Crippen molar-refractivity contribution >= 4 is 11.8 Å². The normalized spacial score (nSPS) is 28.5. The topological polar surface area (TPSA) is 12.9 Å². The molecule has 1 nitrogen and oxygen atoms in total. The average Bonchev–Trinajstić information content (AvgIpc) is 2.30. The zero-order chi connectivity index (χ0) is 7.84. The van der Waals surface area contributed by atoms with E-state index in [4.69, 9.17) is 0 Å². The van der Waals surface area contributed by atoms with Gasteiger partial charge in [0.1, 0.15) is 0 Å². The minimum atomic E-state index is 0.633. The predicted octanol–water partition coefficient (Wildman–Crippen LogP) is 2.95. The van der Waals surface area contributed by atoms with E-state index < -0.39 is 0 Å². The van der Waals surface area contributed by atoms with Crippen LogP contribution in [0.5, 0.6) is 0 Å². The fourth-order valence-electron chi connectivity index (χ4n) is 1.58. The molecule has 0 saturated carbocycles. The van der Waals surface area contributed by atoms with Crippen LogP contribution in [0.1, 0.15) is 35.5 Å². The third-order valence-corrected chi connectivity index (χ3v) is 3.50. The van der Waals surface area contributed by atoms with Crippen LogP contribution in [-0.2, 0) is 0 Å². The number of aromatic nitrogens is 1. The van der Waals surface area contributed by atoms with E-state index in [2.05, 4.69) is 24.9 Å². The number of hydrogen-bond donors (Lipinski definition) is 0. The van der Waals surface area contributed by atoms with Gasteiger partial charge in [0.2, 0.25) is 0 Å². The highest BCUT2D eigenvalue weighted by atomic mass is 32.2. The first-order valence-electron chi connectivity index (χ1n) is 3.88. The van der Waals surface area contributed by atoms with Gasteiger partial charge in [-0.15, -0.1) is 11.8 Å². The summed E-state index contributed by atoms with van der Waals surface area (Å²) < 4.78 is 0. The molecule has 1 aromatic heterocycles. The Labute approximate surface area is 71.2 Å². The third-order valence-electron chi connectivity index (χ3n) is 2.17. The van der Waals surface area contributed by atoms with Crippen molar-refractivity contribution in [2.24, 2.45) is 0 Å². The summed E-state index contributed by atoms with van der Waals surface area (Å²) >= 11 is 2.01. The monoisotopic (exact) mass is 165 g/mol. The van der Waals surface area contributed by atoms with Crippen molar-refractivity contribution in [2.75, 3.05) is 0 Å². The van der Waals surface area contributed by atoms with Crippen LogP contribution in [0.2, 0.25) is 0 Å². The molecule has 0 bridgehead atoms. The van der Waals surface area contributed by atoms with Crippen LogP contribution in [0, 0.1) is 0 Å². The molecule has 0 fully saturated rings. The van der Waals surface area contributed by atoms with Crippen molar-refractivity contribution in [1.82, 2.24) is 4.98 Å². The van der Waals surface area contributed by atoms with Crippen LogP contribution in [0.3, 0.4) is 0 Å². The summed E-state index contributed by atoms with van der Waals surface area (Å²) in [5.74, 6) is 0. The molecule has 0 amide bonds. The van der Waals surface area contributed by atoms with Crippen LogP contribution >= 0.6 is 11.8 Å². The molecule has 1 aliphatic rings. The highest BCUT2D eigenvalue weighted by Crippen LogP contribution is 2.49. The molecule has 2 heterocycles. The molecule has 11 heavy (non-hydrogen) atoms. The maximum Gasteiger partial charge on any atom is 0.0314 e. The number of pyridine rings is 1. The lowest BCUT2D eigenvalue weighted by molar-refractivity contribution is 1.05. The SMILES string of the molecule is CC1SC(C)c2cnccc21. The second-order valence-corrected chi connectivity index (χ2v) is 4.61. The maximum atomic E-state index is 4.13. The molecule has 0 saturated heterocycles. The standard InChI is InChI=1S/C9H11NS/c1-6-8-3-4-10-5-9(8)7(2)11-6/h3-7H,1-2H3. The number of rotatable bonds is 0. The van der Waals surface area contributed by atoms with Gasteiger partial charge in [0.15, 0.2) is 0 Å². The smallest absolute Gasteiger partial charge is 0.0314 e. The van der Waals surface area contributed by atoms with Crippen molar-refractivity contribution in [3.8, 4) is 0 Å². The number of thioether (sulfide) groups is 1. The molecule has 1 aliphatic heterocycles.